The molecule has 1 saturated carbocycles. The van der Waals surface area contributed by atoms with Crippen LogP contribution in [0.25, 0.3) is 16.9 Å². The largest absolute Gasteiger partial charge is 0.313 e. The standard InChI is InChI=1S/C20H24N8/c1-13(14-3-4-14)11-18-26-27-19-12-15(7-10-28(18)19)16-6-9-23-20(24-16)25-17(22-2)5-8-21/h6-10,12-14,21H,3-5,11H2,1-2H3,(H,22,23,24,25). The molecule has 0 aromatic carbocycles. The summed E-state index contributed by atoms with van der Waals surface area (Å²) in [5.74, 6) is 3.62. The first kappa shape index (κ1) is 18.2. The van der Waals surface area contributed by atoms with Crippen LogP contribution < -0.4 is 5.32 Å². The lowest BCUT2D eigenvalue weighted by Crippen LogP contribution is -2.14. The van der Waals surface area contributed by atoms with Crippen LogP contribution in [0.3, 0.4) is 0 Å². The Balaban J connectivity index is 1.57. The van der Waals surface area contributed by atoms with E-state index in [1.54, 1.807) is 13.2 Å². The number of hydrogen-bond acceptors (Lipinski definition) is 6. The van der Waals surface area contributed by atoms with E-state index >= 15 is 0 Å². The maximum atomic E-state index is 7.22. The predicted molar refractivity (Wildman–Crippen MR) is 110 cm³/mol. The molecule has 0 saturated heterocycles. The summed E-state index contributed by atoms with van der Waals surface area (Å²) >= 11 is 0. The molecule has 28 heavy (non-hydrogen) atoms. The van der Waals surface area contributed by atoms with E-state index in [-0.39, 0.29) is 0 Å². The van der Waals surface area contributed by atoms with Gasteiger partial charge in [-0.15, -0.1) is 10.2 Å². The number of nitrogens with one attached hydrogen (secondary N) is 2. The molecule has 1 aliphatic carbocycles. The molecule has 0 amide bonds. The average Bonchev–Trinajstić information content (AvgIpc) is 3.50. The molecule has 3 aromatic rings. The van der Waals surface area contributed by atoms with Crippen LogP contribution in [0.15, 0.2) is 35.6 Å². The number of fused-ring (bicyclic) bond motifs is 1. The first-order chi connectivity index (χ1) is 13.7. The van der Waals surface area contributed by atoms with Gasteiger partial charge in [-0.05, 0) is 42.9 Å². The van der Waals surface area contributed by atoms with E-state index in [0.717, 1.165) is 35.1 Å². The van der Waals surface area contributed by atoms with Crippen molar-refractivity contribution in [2.45, 2.75) is 32.6 Å². The lowest BCUT2D eigenvalue weighted by Gasteiger charge is -2.09. The van der Waals surface area contributed by atoms with Crippen molar-refractivity contribution >= 4 is 23.6 Å². The molecule has 2 N–H and O–H groups in total. The molecule has 1 atom stereocenters. The lowest BCUT2D eigenvalue weighted by atomic mass is 10.0. The molecular weight excluding hydrogens is 352 g/mol. The number of anilines is 1. The molecular formula is C20H24N8. The maximum absolute atomic E-state index is 7.22. The van der Waals surface area contributed by atoms with Crippen LogP contribution in [0.2, 0.25) is 0 Å². The van der Waals surface area contributed by atoms with Gasteiger partial charge in [0.15, 0.2) is 5.65 Å². The third-order valence-electron chi connectivity index (χ3n) is 5.18. The molecule has 0 aliphatic heterocycles. The fourth-order valence-corrected chi connectivity index (χ4v) is 3.36. The Morgan fingerprint density at radius 3 is 3.00 bits per heavy atom. The minimum atomic E-state index is 0.415. The van der Waals surface area contributed by atoms with Crippen molar-refractivity contribution < 1.29 is 0 Å². The van der Waals surface area contributed by atoms with E-state index in [1.165, 1.54) is 19.1 Å². The highest BCUT2D eigenvalue weighted by molar-refractivity contribution is 6.01. The van der Waals surface area contributed by atoms with Crippen molar-refractivity contribution in [2.75, 3.05) is 12.4 Å². The summed E-state index contributed by atoms with van der Waals surface area (Å²) in [4.78, 5) is 12.9. The molecule has 144 valence electrons. The van der Waals surface area contributed by atoms with Crippen molar-refractivity contribution in [2.24, 2.45) is 16.8 Å². The molecule has 1 fully saturated rings. The number of hydrogen-bond donors (Lipinski definition) is 2. The Hall–Kier alpha value is -3.16. The van der Waals surface area contributed by atoms with Crippen LogP contribution in [-0.2, 0) is 6.42 Å². The van der Waals surface area contributed by atoms with Crippen LogP contribution in [0.1, 0.15) is 32.0 Å². The van der Waals surface area contributed by atoms with Gasteiger partial charge >= 0.3 is 0 Å². The molecule has 1 unspecified atom stereocenters. The van der Waals surface area contributed by atoms with E-state index in [1.807, 2.05) is 24.4 Å². The van der Waals surface area contributed by atoms with E-state index in [2.05, 4.69) is 41.8 Å². The normalized spacial score (nSPS) is 15.6. The third kappa shape index (κ3) is 3.90. The molecule has 0 bridgehead atoms. The zero-order chi connectivity index (χ0) is 19.5. The minimum Gasteiger partial charge on any atom is -0.313 e. The first-order valence-corrected chi connectivity index (χ1v) is 9.56. The smallest absolute Gasteiger partial charge is 0.228 e. The second-order valence-electron chi connectivity index (χ2n) is 7.25. The summed E-state index contributed by atoms with van der Waals surface area (Å²) in [5, 5.41) is 19.0. The Morgan fingerprint density at radius 1 is 1.39 bits per heavy atom. The van der Waals surface area contributed by atoms with Crippen LogP contribution in [-0.4, -0.2) is 43.7 Å². The number of aliphatic imine (C=N–C) groups is 1. The SMILES string of the molecule is CN=C(CC=N)Nc1nccc(-c2ccn3c(CC(C)C4CC4)nnc3c2)n1. The highest BCUT2D eigenvalue weighted by Gasteiger charge is 2.28. The highest BCUT2D eigenvalue weighted by atomic mass is 15.2. The maximum Gasteiger partial charge on any atom is 0.228 e. The first-order valence-electron chi connectivity index (χ1n) is 9.56. The Kier molecular flexibility index (Phi) is 5.10. The van der Waals surface area contributed by atoms with Gasteiger partial charge in [-0.25, -0.2) is 9.97 Å². The monoisotopic (exact) mass is 376 g/mol. The van der Waals surface area contributed by atoms with Crippen LogP contribution in [0, 0.1) is 17.2 Å². The molecule has 4 rings (SSSR count). The van der Waals surface area contributed by atoms with Gasteiger partial charge in [0.2, 0.25) is 5.95 Å². The quantitative estimate of drug-likeness (QED) is 0.486. The molecule has 0 spiro atoms. The van der Waals surface area contributed by atoms with Gasteiger partial charge in [0.05, 0.1) is 5.69 Å². The Morgan fingerprint density at radius 2 is 2.25 bits per heavy atom. The van der Waals surface area contributed by atoms with Gasteiger partial charge in [-0.3, -0.25) is 9.39 Å². The summed E-state index contributed by atoms with van der Waals surface area (Å²) in [6.07, 6.45) is 9.07. The zero-order valence-corrected chi connectivity index (χ0v) is 16.1. The van der Waals surface area contributed by atoms with E-state index in [4.69, 9.17) is 5.41 Å². The number of pyridine rings is 1. The van der Waals surface area contributed by atoms with Crippen LogP contribution in [0.5, 0.6) is 0 Å². The van der Waals surface area contributed by atoms with Gasteiger partial charge in [0, 0.05) is 44.1 Å². The van der Waals surface area contributed by atoms with Gasteiger partial charge in [0.25, 0.3) is 0 Å². The second kappa shape index (κ2) is 7.84. The fraction of sp³-hybridized carbons (Fsp3) is 0.400. The molecule has 8 heteroatoms. The number of nitrogens with zero attached hydrogens (tertiary/aromatic N) is 6. The van der Waals surface area contributed by atoms with E-state index in [9.17, 15) is 0 Å². The summed E-state index contributed by atoms with van der Waals surface area (Å²) in [6.45, 7) is 2.30. The van der Waals surface area contributed by atoms with Crippen molar-refractivity contribution in [3.8, 4) is 11.3 Å². The number of aromatic nitrogens is 5. The van der Waals surface area contributed by atoms with Crippen LogP contribution >= 0.6 is 0 Å². The van der Waals surface area contributed by atoms with Gasteiger partial charge in [-0.1, -0.05) is 6.92 Å². The van der Waals surface area contributed by atoms with Crippen molar-refractivity contribution in [1.82, 2.24) is 24.6 Å². The van der Waals surface area contributed by atoms with Crippen LogP contribution in [0.4, 0.5) is 5.95 Å². The molecule has 0 radical (unpaired) electrons. The van der Waals surface area contributed by atoms with Gasteiger partial charge < -0.3 is 10.7 Å². The van der Waals surface area contributed by atoms with E-state index in [0.29, 0.717) is 24.1 Å². The predicted octanol–water partition coefficient (Wildman–Crippen LogP) is 3.25. The Labute approximate surface area is 163 Å². The summed E-state index contributed by atoms with van der Waals surface area (Å²) in [5.41, 5.74) is 2.57. The minimum absolute atomic E-state index is 0.415. The summed E-state index contributed by atoms with van der Waals surface area (Å²) < 4.78 is 2.06. The topological polar surface area (TPSA) is 104 Å². The van der Waals surface area contributed by atoms with Crippen molar-refractivity contribution in [1.29, 1.82) is 5.41 Å². The molecule has 3 heterocycles. The van der Waals surface area contributed by atoms with Crippen molar-refractivity contribution in [3.05, 3.63) is 36.4 Å². The molecule has 3 aromatic heterocycles. The summed E-state index contributed by atoms with van der Waals surface area (Å²) in [7, 11) is 1.68. The van der Waals surface area contributed by atoms with Gasteiger partial charge in [0.1, 0.15) is 11.7 Å². The number of rotatable bonds is 7. The number of amidine groups is 1. The second-order valence-corrected chi connectivity index (χ2v) is 7.25. The average molecular weight is 376 g/mol. The van der Waals surface area contributed by atoms with E-state index < -0.39 is 0 Å². The fourth-order valence-electron chi connectivity index (χ4n) is 3.36. The van der Waals surface area contributed by atoms with Gasteiger partial charge in [-0.2, -0.15) is 0 Å². The molecule has 1 aliphatic rings. The summed E-state index contributed by atoms with van der Waals surface area (Å²) in [6, 6.07) is 5.89. The lowest BCUT2D eigenvalue weighted by molar-refractivity contribution is 0.491. The highest BCUT2D eigenvalue weighted by Crippen LogP contribution is 2.38. The third-order valence-corrected chi connectivity index (χ3v) is 5.18. The molecule has 8 nitrogen and oxygen atoms in total. The zero-order valence-electron chi connectivity index (χ0n) is 16.1. The Bertz CT molecular complexity index is 1020. The van der Waals surface area contributed by atoms with Crippen molar-refractivity contribution in [3.63, 3.8) is 0 Å².